The average Bonchev–Trinajstić information content (AvgIpc) is 2.62. The van der Waals surface area contributed by atoms with Gasteiger partial charge in [-0.3, -0.25) is 4.79 Å². The zero-order valence-corrected chi connectivity index (χ0v) is 10.9. The number of carbonyl (C=O) groups excluding carboxylic acids is 1. The number of hydrogen-bond donors (Lipinski definition) is 1. The topological polar surface area (TPSA) is 42.2 Å². The summed E-state index contributed by atoms with van der Waals surface area (Å²) in [5.41, 5.74) is 1.63. The van der Waals surface area contributed by atoms with E-state index in [1.54, 1.807) is 6.26 Å². The van der Waals surface area contributed by atoms with Crippen LogP contribution in [0.4, 0.5) is 0 Å². The van der Waals surface area contributed by atoms with Crippen LogP contribution in [0, 0.1) is 19.8 Å². The van der Waals surface area contributed by atoms with E-state index >= 15 is 0 Å². The van der Waals surface area contributed by atoms with E-state index in [1.807, 2.05) is 13.8 Å². The summed E-state index contributed by atoms with van der Waals surface area (Å²) in [6, 6.07) is 0.324. The van der Waals surface area contributed by atoms with Gasteiger partial charge in [-0.2, -0.15) is 0 Å². The minimum absolute atomic E-state index is 0.0208. The van der Waals surface area contributed by atoms with Gasteiger partial charge in [-0.05, 0) is 32.6 Å². The minimum Gasteiger partial charge on any atom is -0.469 e. The molecule has 2 rings (SSSR count). The van der Waals surface area contributed by atoms with Gasteiger partial charge in [0.25, 0.3) is 5.91 Å². The van der Waals surface area contributed by atoms with Crippen LogP contribution in [0.25, 0.3) is 0 Å². The molecule has 1 aromatic rings. The molecule has 0 aromatic carbocycles. The maximum atomic E-state index is 12.2. The van der Waals surface area contributed by atoms with Crippen molar-refractivity contribution in [2.45, 2.75) is 52.5 Å². The summed E-state index contributed by atoms with van der Waals surface area (Å²) in [7, 11) is 0. The predicted octanol–water partition coefficient (Wildman–Crippen LogP) is 3.20. The van der Waals surface area contributed by atoms with E-state index in [0.29, 0.717) is 23.3 Å². The number of nitrogens with one attached hydrogen (secondary N) is 1. The molecule has 3 heteroatoms. The molecule has 3 nitrogen and oxygen atoms in total. The molecule has 1 N–H and O–H groups in total. The monoisotopic (exact) mass is 235 g/mol. The first kappa shape index (κ1) is 12.2. The van der Waals surface area contributed by atoms with Gasteiger partial charge in [0.2, 0.25) is 0 Å². The molecule has 1 amide bonds. The molecule has 1 saturated carbocycles. The molecule has 0 aliphatic heterocycles. The van der Waals surface area contributed by atoms with E-state index in [4.69, 9.17) is 4.42 Å². The summed E-state index contributed by atoms with van der Waals surface area (Å²) < 4.78 is 5.27. The normalized spacial score (nSPS) is 24.6. The third kappa shape index (κ3) is 2.54. The van der Waals surface area contributed by atoms with Gasteiger partial charge >= 0.3 is 0 Å². The van der Waals surface area contributed by atoms with Crippen LogP contribution in [-0.2, 0) is 0 Å². The zero-order valence-electron chi connectivity index (χ0n) is 10.9. The highest BCUT2D eigenvalue weighted by Crippen LogP contribution is 2.24. The van der Waals surface area contributed by atoms with Crippen LogP contribution >= 0.6 is 0 Å². The molecule has 1 aliphatic carbocycles. The minimum atomic E-state index is 0.0208. The molecule has 0 spiro atoms. The molecule has 1 fully saturated rings. The van der Waals surface area contributed by atoms with E-state index in [-0.39, 0.29) is 5.91 Å². The summed E-state index contributed by atoms with van der Waals surface area (Å²) in [6.07, 6.45) is 6.47. The van der Waals surface area contributed by atoms with Gasteiger partial charge in [-0.25, -0.2) is 0 Å². The van der Waals surface area contributed by atoms with Gasteiger partial charge in [0.1, 0.15) is 5.76 Å². The van der Waals surface area contributed by atoms with Crippen molar-refractivity contribution in [3.63, 3.8) is 0 Å². The van der Waals surface area contributed by atoms with Gasteiger partial charge in [0.05, 0.1) is 11.8 Å². The number of aryl methyl sites for hydroxylation is 2. The largest absolute Gasteiger partial charge is 0.469 e. The van der Waals surface area contributed by atoms with Crippen molar-refractivity contribution in [3.8, 4) is 0 Å². The maximum Gasteiger partial charge on any atom is 0.255 e. The lowest BCUT2D eigenvalue weighted by molar-refractivity contribution is 0.0908. The summed E-state index contributed by atoms with van der Waals surface area (Å²) in [4.78, 5) is 12.2. The van der Waals surface area contributed by atoms with Gasteiger partial charge in [0, 0.05) is 11.6 Å². The molecule has 1 heterocycles. The Balaban J connectivity index is 2.06. The molecule has 0 saturated heterocycles. The third-order valence-corrected chi connectivity index (χ3v) is 3.81. The van der Waals surface area contributed by atoms with Crippen LogP contribution in [0.3, 0.4) is 0 Å². The number of furan rings is 1. The first-order valence-electron chi connectivity index (χ1n) is 6.45. The lowest BCUT2D eigenvalue weighted by Crippen LogP contribution is -2.41. The highest BCUT2D eigenvalue weighted by Gasteiger charge is 2.25. The van der Waals surface area contributed by atoms with Crippen molar-refractivity contribution in [2.24, 2.45) is 5.92 Å². The van der Waals surface area contributed by atoms with E-state index in [1.165, 1.54) is 19.3 Å². The molecular weight excluding hydrogens is 214 g/mol. The van der Waals surface area contributed by atoms with Crippen LogP contribution < -0.4 is 5.32 Å². The van der Waals surface area contributed by atoms with Crippen LogP contribution in [0.15, 0.2) is 10.7 Å². The second-order valence-corrected chi connectivity index (χ2v) is 5.19. The van der Waals surface area contributed by atoms with Crippen LogP contribution in [0.2, 0.25) is 0 Å². The van der Waals surface area contributed by atoms with Crippen LogP contribution in [0.5, 0.6) is 0 Å². The zero-order chi connectivity index (χ0) is 12.4. The first-order chi connectivity index (χ1) is 8.09. The average molecular weight is 235 g/mol. The maximum absolute atomic E-state index is 12.2. The van der Waals surface area contributed by atoms with Gasteiger partial charge in [-0.15, -0.1) is 0 Å². The Kier molecular flexibility index (Phi) is 3.55. The molecule has 17 heavy (non-hydrogen) atoms. The first-order valence-corrected chi connectivity index (χ1v) is 6.45. The Hall–Kier alpha value is -1.25. The number of rotatable bonds is 2. The van der Waals surface area contributed by atoms with E-state index in [2.05, 4.69) is 12.2 Å². The fraction of sp³-hybridized carbons (Fsp3) is 0.643. The second kappa shape index (κ2) is 4.94. The third-order valence-electron chi connectivity index (χ3n) is 3.81. The second-order valence-electron chi connectivity index (χ2n) is 5.19. The van der Waals surface area contributed by atoms with Crippen molar-refractivity contribution in [3.05, 3.63) is 23.2 Å². The van der Waals surface area contributed by atoms with Crippen LogP contribution in [0.1, 0.15) is 54.3 Å². The standard InChI is InChI=1S/C14H21NO2/c1-9-6-4-5-7-12(9)15-14(16)13-10(2)8-17-11(13)3/h8-9,12H,4-7H2,1-3H3,(H,15,16). The van der Waals surface area contributed by atoms with Crippen molar-refractivity contribution in [1.82, 2.24) is 5.32 Å². The lowest BCUT2D eigenvalue weighted by Gasteiger charge is -2.29. The number of carbonyl (C=O) groups is 1. The highest BCUT2D eigenvalue weighted by molar-refractivity contribution is 5.96. The summed E-state index contributed by atoms with van der Waals surface area (Å²) in [5.74, 6) is 1.32. The molecule has 94 valence electrons. The smallest absolute Gasteiger partial charge is 0.255 e. The summed E-state index contributed by atoms with van der Waals surface area (Å²) in [6.45, 7) is 5.97. The van der Waals surface area contributed by atoms with Gasteiger partial charge < -0.3 is 9.73 Å². The number of amides is 1. The Morgan fingerprint density at radius 2 is 2.06 bits per heavy atom. The molecule has 2 atom stereocenters. The van der Waals surface area contributed by atoms with Crippen molar-refractivity contribution >= 4 is 5.91 Å². The van der Waals surface area contributed by atoms with Crippen molar-refractivity contribution in [2.75, 3.05) is 0 Å². The van der Waals surface area contributed by atoms with E-state index in [0.717, 1.165) is 12.0 Å². The Morgan fingerprint density at radius 1 is 1.35 bits per heavy atom. The summed E-state index contributed by atoms with van der Waals surface area (Å²) >= 11 is 0. The molecule has 1 aromatic heterocycles. The Labute approximate surface area is 103 Å². The van der Waals surface area contributed by atoms with Crippen molar-refractivity contribution in [1.29, 1.82) is 0 Å². The van der Waals surface area contributed by atoms with Gasteiger partial charge in [0.15, 0.2) is 0 Å². The summed E-state index contributed by atoms with van der Waals surface area (Å²) in [5, 5.41) is 3.15. The molecule has 0 radical (unpaired) electrons. The molecule has 1 aliphatic rings. The Morgan fingerprint density at radius 3 is 2.65 bits per heavy atom. The van der Waals surface area contributed by atoms with Crippen molar-refractivity contribution < 1.29 is 9.21 Å². The number of hydrogen-bond acceptors (Lipinski definition) is 2. The van der Waals surface area contributed by atoms with Crippen LogP contribution in [-0.4, -0.2) is 11.9 Å². The predicted molar refractivity (Wildman–Crippen MR) is 67.1 cm³/mol. The van der Waals surface area contributed by atoms with E-state index in [9.17, 15) is 4.79 Å². The lowest BCUT2D eigenvalue weighted by atomic mass is 9.86. The van der Waals surface area contributed by atoms with E-state index < -0.39 is 0 Å². The highest BCUT2D eigenvalue weighted by atomic mass is 16.3. The molecule has 0 bridgehead atoms. The molecule has 2 unspecified atom stereocenters. The SMILES string of the molecule is Cc1coc(C)c1C(=O)NC1CCCCC1C. The Bertz CT molecular complexity index is 389. The fourth-order valence-corrected chi connectivity index (χ4v) is 2.68. The molecular formula is C14H21NO2. The fourth-order valence-electron chi connectivity index (χ4n) is 2.68. The van der Waals surface area contributed by atoms with Gasteiger partial charge in [-0.1, -0.05) is 19.8 Å². The quantitative estimate of drug-likeness (QED) is 0.855.